The highest BCUT2D eigenvalue weighted by Gasteiger charge is 2.16. The van der Waals surface area contributed by atoms with Crippen molar-refractivity contribution in [2.45, 2.75) is 44.7 Å². The standard InChI is InChI=1S/C16H30N4O/c1-19(12-9-17-10-13-21-2)14-15-8-11-20(18-15)16-6-4-3-5-7-16/h8,11,16-17H,3-7,9-10,12-14H2,1-2H3. The molecule has 0 saturated heterocycles. The van der Waals surface area contributed by atoms with Crippen LogP contribution in [-0.4, -0.2) is 55.1 Å². The molecular weight excluding hydrogens is 264 g/mol. The fourth-order valence-electron chi connectivity index (χ4n) is 2.94. The summed E-state index contributed by atoms with van der Waals surface area (Å²) in [5.74, 6) is 0. The van der Waals surface area contributed by atoms with Crippen molar-refractivity contribution in [3.8, 4) is 0 Å². The Balaban J connectivity index is 1.68. The molecule has 0 radical (unpaired) electrons. The molecule has 1 aromatic rings. The first-order chi connectivity index (χ1) is 10.3. The van der Waals surface area contributed by atoms with E-state index in [0.29, 0.717) is 6.04 Å². The van der Waals surface area contributed by atoms with Crippen LogP contribution < -0.4 is 5.32 Å². The Hall–Kier alpha value is -0.910. The minimum Gasteiger partial charge on any atom is -0.383 e. The smallest absolute Gasteiger partial charge is 0.0764 e. The first-order valence-electron chi connectivity index (χ1n) is 8.22. The third kappa shape index (κ3) is 5.77. The molecule has 0 spiro atoms. The Kier molecular flexibility index (Phi) is 7.19. The van der Waals surface area contributed by atoms with E-state index in [1.54, 1.807) is 7.11 Å². The summed E-state index contributed by atoms with van der Waals surface area (Å²) < 4.78 is 7.21. The maximum absolute atomic E-state index is 5.02. The highest BCUT2D eigenvalue weighted by molar-refractivity contribution is 5.00. The Morgan fingerprint density at radius 2 is 2.14 bits per heavy atom. The molecule has 21 heavy (non-hydrogen) atoms. The van der Waals surface area contributed by atoms with Gasteiger partial charge in [-0.05, 0) is 26.0 Å². The Bertz CT molecular complexity index is 387. The minimum absolute atomic E-state index is 0.633. The van der Waals surface area contributed by atoms with Crippen LogP contribution in [0.4, 0.5) is 0 Å². The monoisotopic (exact) mass is 294 g/mol. The van der Waals surface area contributed by atoms with Gasteiger partial charge < -0.3 is 10.1 Å². The molecule has 0 bridgehead atoms. The van der Waals surface area contributed by atoms with Crippen molar-refractivity contribution < 1.29 is 4.74 Å². The van der Waals surface area contributed by atoms with Gasteiger partial charge in [0.15, 0.2) is 0 Å². The van der Waals surface area contributed by atoms with Crippen LogP contribution in [-0.2, 0) is 11.3 Å². The van der Waals surface area contributed by atoms with Gasteiger partial charge in [0.05, 0.1) is 18.3 Å². The predicted molar refractivity (Wildman–Crippen MR) is 85.4 cm³/mol. The highest BCUT2D eigenvalue weighted by Crippen LogP contribution is 2.27. The van der Waals surface area contributed by atoms with Gasteiger partial charge in [0, 0.05) is 39.5 Å². The molecule has 1 heterocycles. The number of hydrogen-bond acceptors (Lipinski definition) is 4. The normalized spacial score (nSPS) is 16.7. The summed E-state index contributed by atoms with van der Waals surface area (Å²) in [6.07, 6.45) is 8.85. The Labute approximate surface area is 128 Å². The van der Waals surface area contributed by atoms with E-state index in [1.807, 2.05) is 0 Å². The maximum atomic E-state index is 5.02. The Morgan fingerprint density at radius 1 is 1.33 bits per heavy atom. The average Bonchev–Trinajstić information content (AvgIpc) is 2.96. The van der Waals surface area contributed by atoms with Crippen LogP contribution in [0, 0.1) is 0 Å². The molecule has 5 nitrogen and oxygen atoms in total. The van der Waals surface area contributed by atoms with Crippen LogP contribution in [0.2, 0.25) is 0 Å². The molecule has 1 saturated carbocycles. The van der Waals surface area contributed by atoms with Gasteiger partial charge in [0.2, 0.25) is 0 Å². The van der Waals surface area contributed by atoms with Crippen molar-refractivity contribution >= 4 is 0 Å². The fourth-order valence-corrected chi connectivity index (χ4v) is 2.94. The van der Waals surface area contributed by atoms with Gasteiger partial charge in [0.1, 0.15) is 0 Å². The molecule has 2 rings (SSSR count). The zero-order valence-corrected chi connectivity index (χ0v) is 13.6. The number of nitrogens with zero attached hydrogens (tertiary/aromatic N) is 3. The molecular formula is C16H30N4O. The van der Waals surface area contributed by atoms with Crippen LogP contribution >= 0.6 is 0 Å². The summed E-state index contributed by atoms with van der Waals surface area (Å²) in [4.78, 5) is 2.31. The van der Waals surface area contributed by atoms with Gasteiger partial charge in [-0.2, -0.15) is 5.10 Å². The second-order valence-corrected chi connectivity index (χ2v) is 6.06. The predicted octanol–water partition coefficient (Wildman–Crippen LogP) is 2.06. The molecule has 120 valence electrons. The van der Waals surface area contributed by atoms with Crippen molar-refractivity contribution in [3.05, 3.63) is 18.0 Å². The second kappa shape index (κ2) is 9.18. The summed E-state index contributed by atoms with van der Waals surface area (Å²) in [5.41, 5.74) is 1.18. The van der Waals surface area contributed by atoms with Crippen molar-refractivity contribution in [1.82, 2.24) is 20.0 Å². The highest BCUT2D eigenvalue weighted by atomic mass is 16.5. The van der Waals surface area contributed by atoms with Gasteiger partial charge in [-0.1, -0.05) is 19.3 Å². The lowest BCUT2D eigenvalue weighted by Gasteiger charge is -2.22. The van der Waals surface area contributed by atoms with Gasteiger partial charge in [0.25, 0.3) is 0 Å². The number of hydrogen-bond donors (Lipinski definition) is 1. The molecule has 0 unspecified atom stereocenters. The third-order valence-electron chi connectivity index (χ3n) is 4.20. The third-order valence-corrected chi connectivity index (χ3v) is 4.20. The number of methoxy groups -OCH3 is 1. The average molecular weight is 294 g/mol. The van der Waals surface area contributed by atoms with E-state index in [9.17, 15) is 0 Å². The van der Waals surface area contributed by atoms with Gasteiger partial charge in [-0.25, -0.2) is 0 Å². The number of ether oxygens (including phenoxy) is 1. The second-order valence-electron chi connectivity index (χ2n) is 6.06. The fraction of sp³-hybridized carbons (Fsp3) is 0.812. The van der Waals surface area contributed by atoms with Crippen LogP contribution in [0.25, 0.3) is 0 Å². The first kappa shape index (κ1) is 16.5. The molecule has 0 aromatic carbocycles. The largest absolute Gasteiger partial charge is 0.383 e. The lowest BCUT2D eigenvalue weighted by Crippen LogP contribution is -2.30. The van der Waals surface area contributed by atoms with E-state index in [4.69, 9.17) is 9.84 Å². The number of rotatable bonds is 9. The molecule has 1 aromatic heterocycles. The summed E-state index contributed by atoms with van der Waals surface area (Å²) in [7, 11) is 3.88. The molecule has 1 aliphatic carbocycles. The van der Waals surface area contributed by atoms with Crippen LogP contribution in [0.5, 0.6) is 0 Å². The van der Waals surface area contributed by atoms with Crippen molar-refractivity contribution in [2.24, 2.45) is 0 Å². The number of aromatic nitrogens is 2. The summed E-state index contributed by atoms with van der Waals surface area (Å²) in [5, 5.41) is 8.13. The molecule has 0 amide bonds. The van der Waals surface area contributed by atoms with Crippen molar-refractivity contribution in [3.63, 3.8) is 0 Å². The van der Waals surface area contributed by atoms with E-state index in [2.05, 4.69) is 34.2 Å². The molecule has 1 aliphatic rings. The van der Waals surface area contributed by atoms with E-state index in [1.165, 1.54) is 37.8 Å². The van der Waals surface area contributed by atoms with Gasteiger partial charge >= 0.3 is 0 Å². The number of likely N-dealkylation sites (N-methyl/N-ethyl adjacent to an activating group) is 1. The Morgan fingerprint density at radius 3 is 2.90 bits per heavy atom. The van der Waals surface area contributed by atoms with Crippen molar-refractivity contribution in [1.29, 1.82) is 0 Å². The van der Waals surface area contributed by atoms with E-state index in [0.717, 1.165) is 32.8 Å². The molecule has 0 aliphatic heterocycles. The van der Waals surface area contributed by atoms with Gasteiger partial charge in [-0.3, -0.25) is 9.58 Å². The van der Waals surface area contributed by atoms with E-state index in [-0.39, 0.29) is 0 Å². The van der Waals surface area contributed by atoms with Crippen LogP contribution in [0.3, 0.4) is 0 Å². The van der Waals surface area contributed by atoms with E-state index >= 15 is 0 Å². The van der Waals surface area contributed by atoms with Crippen LogP contribution in [0.15, 0.2) is 12.3 Å². The lowest BCUT2D eigenvalue weighted by molar-refractivity contribution is 0.197. The quantitative estimate of drug-likeness (QED) is 0.708. The summed E-state index contributed by atoms with van der Waals surface area (Å²) in [6.45, 7) is 4.63. The minimum atomic E-state index is 0.633. The van der Waals surface area contributed by atoms with E-state index < -0.39 is 0 Å². The topological polar surface area (TPSA) is 42.3 Å². The molecule has 0 atom stereocenters. The zero-order valence-electron chi connectivity index (χ0n) is 13.6. The van der Waals surface area contributed by atoms with Crippen molar-refractivity contribution in [2.75, 3.05) is 40.4 Å². The molecule has 1 fully saturated rings. The SMILES string of the molecule is COCCNCCN(C)Cc1ccn(C2CCCCC2)n1. The maximum Gasteiger partial charge on any atom is 0.0764 e. The first-order valence-corrected chi connectivity index (χ1v) is 8.22. The number of nitrogens with one attached hydrogen (secondary N) is 1. The zero-order chi connectivity index (χ0) is 14.9. The lowest BCUT2D eigenvalue weighted by atomic mass is 9.96. The summed E-state index contributed by atoms with van der Waals surface area (Å²) >= 11 is 0. The molecule has 1 N–H and O–H groups in total. The van der Waals surface area contributed by atoms with Crippen LogP contribution in [0.1, 0.15) is 43.8 Å². The summed E-state index contributed by atoms with van der Waals surface area (Å²) in [6, 6.07) is 2.80. The molecule has 5 heteroatoms. The van der Waals surface area contributed by atoms with Gasteiger partial charge in [-0.15, -0.1) is 0 Å².